The lowest BCUT2D eigenvalue weighted by molar-refractivity contribution is 0.153. The number of aryl methyl sites for hydroxylation is 2. The molecule has 27 heavy (non-hydrogen) atoms. The fraction of sp³-hybridized carbons (Fsp3) is 0.227. The van der Waals surface area contributed by atoms with Gasteiger partial charge in [0.15, 0.2) is 0 Å². The molecular formula is C22H21N3O2. The molecule has 1 aromatic heterocycles. The molecule has 1 unspecified atom stereocenters. The number of aromatic nitrogens is 2. The van der Waals surface area contributed by atoms with Crippen molar-refractivity contribution in [2.45, 2.75) is 32.9 Å². The van der Waals surface area contributed by atoms with Gasteiger partial charge in [0, 0.05) is 6.08 Å². The first kappa shape index (κ1) is 16.0. The maximum Gasteiger partial charge on any atom is 0.237 e. The number of allylic oxidation sites excluding steroid dienone is 1. The molecule has 0 bridgehead atoms. The topological polar surface area (TPSA) is 48.3 Å². The van der Waals surface area contributed by atoms with Gasteiger partial charge in [0.1, 0.15) is 17.1 Å². The van der Waals surface area contributed by atoms with Crippen molar-refractivity contribution < 1.29 is 9.47 Å². The van der Waals surface area contributed by atoms with Crippen molar-refractivity contribution in [2.75, 3.05) is 5.32 Å². The molecule has 0 saturated heterocycles. The van der Waals surface area contributed by atoms with Gasteiger partial charge in [0.2, 0.25) is 11.6 Å². The largest absolute Gasteiger partial charge is 0.458 e. The van der Waals surface area contributed by atoms with Crippen molar-refractivity contribution in [3.05, 3.63) is 77.2 Å². The van der Waals surface area contributed by atoms with E-state index in [1.807, 2.05) is 61.0 Å². The molecule has 136 valence electrons. The van der Waals surface area contributed by atoms with Crippen LogP contribution in [0.2, 0.25) is 0 Å². The van der Waals surface area contributed by atoms with Crippen LogP contribution in [0.1, 0.15) is 30.7 Å². The van der Waals surface area contributed by atoms with E-state index in [4.69, 9.17) is 14.6 Å². The molecule has 5 heteroatoms. The van der Waals surface area contributed by atoms with E-state index in [-0.39, 0.29) is 0 Å². The van der Waals surface area contributed by atoms with Gasteiger partial charge in [0.05, 0.1) is 17.1 Å². The molecule has 0 saturated carbocycles. The van der Waals surface area contributed by atoms with E-state index in [9.17, 15) is 0 Å². The third-order valence-electron chi connectivity index (χ3n) is 5.10. The van der Waals surface area contributed by atoms with Gasteiger partial charge in [-0.3, -0.25) is 0 Å². The molecule has 0 amide bonds. The lowest BCUT2D eigenvalue weighted by Gasteiger charge is -2.31. The van der Waals surface area contributed by atoms with Crippen LogP contribution in [0.5, 0.6) is 11.6 Å². The number of hydrogen-bond acceptors (Lipinski definition) is 4. The third kappa shape index (κ3) is 2.35. The Morgan fingerprint density at radius 2 is 1.93 bits per heavy atom. The van der Waals surface area contributed by atoms with Crippen LogP contribution in [0.3, 0.4) is 0 Å². The SMILES string of the molecule is CCc1ccc2c(c1)NC1(C=C(C)Oc3c1c(C)nn3-c1ccccc1)O2. The van der Waals surface area contributed by atoms with Gasteiger partial charge < -0.3 is 14.8 Å². The number of para-hydroxylation sites is 1. The smallest absolute Gasteiger partial charge is 0.237 e. The van der Waals surface area contributed by atoms with Crippen LogP contribution in [0.15, 0.2) is 60.4 Å². The average Bonchev–Trinajstić information content (AvgIpc) is 3.19. The highest BCUT2D eigenvalue weighted by molar-refractivity contribution is 5.67. The summed E-state index contributed by atoms with van der Waals surface area (Å²) in [7, 11) is 0. The number of anilines is 1. The Morgan fingerprint density at radius 1 is 1.11 bits per heavy atom. The average molecular weight is 359 g/mol. The number of hydrogen-bond donors (Lipinski definition) is 1. The highest BCUT2D eigenvalue weighted by atomic mass is 16.5. The molecule has 1 spiro atoms. The Morgan fingerprint density at radius 3 is 2.70 bits per heavy atom. The summed E-state index contributed by atoms with van der Waals surface area (Å²) in [5.74, 6) is 2.31. The molecule has 5 nitrogen and oxygen atoms in total. The molecule has 2 aromatic carbocycles. The Bertz CT molecular complexity index is 1070. The summed E-state index contributed by atoms with van der Waals surface area (Å²) in [6, 6.07) is 16.3. The van der Waals surface area contributed by atoms with Crippen LogP contribution < -0.4 is 14.8 Å². The summed E-state index contributed by atoms with van der Waals surface area (Å²) in [6.07, 6.45) is 2.97. The highest BCUT2D eigenvalue weighted by Gasteiger charge is 2.47. The van der Waals surface area contributed by atoms with Gasteiger partial charge in [0.25, 0.3) is 0 Å². The zero-order chi connectivity index (χ0) is 18.6. The van der Waals surface area contributed by atoms with E-state index in [0.717, 1.165) is 40.6 Å². The molecule has 2 aliphatic rings. The van der Waals surface area contributed by atoms with E-state index >= 15 is 0 Å². The highest BCUT2D eigenvalue weighted by Crippen LogP contribution is 2.49. The third-order valence-corrected chi connectivity index (χ3v) is 5.10. The second-order valence-corrected chi connectivity index (χ2v) is 7.02. The second-order valence-electron chi connectivity index (χ2n) is 7.02. The van der Waals surface area contributed by atoms with Gasteiger partial charge in [-0.15, -0.1) is 0 Å². The van der Waals surface area contributed by atoms with Crippen molar-refractivity contribution in [3.63, 3.8) is 0 Å². The molecule has 5 rings (SSSR count). The number of nitrogens with one attached hydrogen (secondary N) is 1. The molecule has 2 aliphatic heterocycles. The predicted molar refractivity (Wildman–Crippen MR) is 104 cm³/mol. The summed E-state index contributed by atoms with van der Waals surface area (Å²) in [5, 5.41) is 8.34. The van der Waals surface area contributed by atoms with E-state index in [2.05, 4.69) is 24.4 Å². The minimum Gasteiger partial charge on any atom is -0.458 e. The molecule has 3 heterocycles. The van der Waals surface area contributed by atoms with Crippen molar-refractivity contribution in [1.82, 2.24) is 9.78 Å². The van der Waals surface area contributed by atoms with Crippen molar-refractivity contribution in [3.8, 4) is 17.3 Å². The molecule has 0 aliphatic carbocycles. The second kappa shape index (κ2) is 5.64. The number of rotatable bonds is 2. The number of nitrogens with zero attached hydrogens (tertiary/aromatic N) is 2. The first-order chi connectivity index (χ1) is 13.1. The van der Waals surface area contributed by atoms with Crippen LogP contribution in [0.4, 0.5) is 5.69 Å². The Kier molecular flexibility index (Phi) is 3.34. The van der Waals surface area contributed by atoms with Crippen LogP contribution in [0.25, 0.3) is 5.69 Å². The minimum absolute atomic E-state index is 0.690. The van der Waals surface area contributed by atoms with Crippen LogP contribution in [-0.2, 0) is 12.1 Å². The van der Waals surface area contributed by atoms with Gasteiger partial charge in [-0.2, -0.15) is 5.10 Å². The fourth-order valence-electron chi connectivity index (χ4n) is 3.87. The van der Waals surface area contributed by atoms with E-state index in [0.29, 0.717) is 5.88 Å². The van der Waals surface area contributed by atoms with Crippen LogP contribution in [-0.4, -0.2) is 9.78 Å². The monoisotopic (exact) mass is 359 g/mol. The molecular weight excluding hydrogens is 338 g/mol. The van der Waals surface area contributed by atoms with Crippen molar-refractivity contribution >= 4 is 5.69 Å². The van der Waals surface area contributed by atoms with Crippen LogP contribution >= 0.6 is 0 Å². The zero-order valence-electron chi connectivity index (χ0n) is 15.6. The lowest BCUT2D eigenvalue weighted by Crippen LogP contribution is -2.38. The summed E-state index contributed by atoms with van der Waals surface area (Å²) in [6.45, 7) is 6.08. The molecule has 1 atom stereocenters. The number of ether oxygens (including phenoxy) is 2. The van der Waals surface area contributed by atoms with Gasteiger partial charge in [-0.05, 0) is 50.1 Å². The number of fused-ring (bicyclic) bond motifs is 3. The molecule has 1 N–H and O–H groups in total. The summed E-state index contributed by atoms with van der Waals surface area (Å²) >= 11 is 0. The van der Waals surface area contributed by atoms with Crippen LogP contribution in [0, 0.1) is 6.92 Å². The normalized spacial score (nSPS) is 19.6. The Labute approximate surface area is 158 Å². The van der Waals surface area contributed by atoms with Gasteiger partial charge in [-0.25, -0.2) is 4.68 Å². The van der Waals surface area contributed by atoms with E-state index in [1.54, 1.807) is 0 Å². The Hall–Kier alpha value is -3.21. The summed E-state index contributed by atoms with van der Waals surface area (Å²) in [4.78, 5) is 0. The van der Waals surface area contributed by atoms with E-state index < -0.39 is 5.72 Å². The summed E-state index contributed by atoms with van der Waals surface area (Å²) < 4.78 is 14.4. The Balaban J connectivity index is 1.67. The predicted octanol–water partition coefficient (Wildman–Crippen LogP) is 4.70. The van der Waals surface area contributed by atoms with Crippen molar-refractivity contribution in [2.24, 2.45) is 0 Å². The quantitative estimate of drug-likeness (QED) is 0.721. The van der Waals surface area contributed by atoms with E-state index in [1.165, 1.54) is 5.56 Å². The lowest BCUT2D eigenvalue weighted by atomic mass is 10.00. The summed E-state index contributed by atoms with van der Waals surface area (Å²) in [5.41, 5.74) is 4.20. The van der Waals surface area contributed by atoms with Gasteiger partial charge >= 0.3 is 0 Å². The zero-order valence-corrected chi connectivity index (χ0v) is 15.6. The standard InChI is InChI=1S/C22H21N3O2/c1-4-16-10-11-19-18(12-16)23-22(27-19)13-14(2)26-21-20(22)15(3)24-25(21)17-8-6-5-7-9-17/h5-13,23H,4H2,1-3H3. The maximum absolute atomic E-state index is 6.44. The van der Waals surface area contributed by atoms with Gasteiger partial charge in [-0.1, -0.05) is 31.2 Å². The first-order valence-corrected chi connectivity index (χ1v) is 9.22. The molecule has 0 radical (unpaired) electrons. The molecule has 3 aromatic rings. The van der Waals surface area contributed by atoms with Crippen molar-refractivity contribution in [1.29, 1.82) is 0 Å². The minimum atomic E-state index is -0.802. The first-order valence-electron chi connectivity index (χ1n) is 9.22. The number of benzene rings is 2. The fourth-order valence-corrected chi connectivity index (χ4v) is 3.87. The molecule has 0 fully saturated rings. The maximum atomic E-state index is 6.44.